The van der Waals surface area contributed by atoms with Crippen LogP contribution in [0.5, 0.6) is 5.75 Å². The minimum absolute atomic E-state index is 0.141. The van der Waals surface area contributed by atoms with Gasteiger partial charge in [0.1, 0.15) is 5.75 Å². The van der Waals surface area contributed by atoms with Crippen molar-refractivity contribution >= 4 is 21.5 Å². The van der Waals surface area contributed by atoms with Crippen molar-refractivity contribution in [3.05, 3.63) is 23.8 Å². The fourth-order valence-electron chi connectivity index (χ4n) is 3.12. The summed E-state index contributed by atoms with van der Waals surface area (Å²) in [4.78, 5) is 14.1. The van der Waals surface area contributed by atoms with Crippen molar-refractivity contribution in [3.8, 4) is 5.75 Å². The zero-order valence-electron chi connectivity index (χ0n) is 13.4. The highest BCUT2D eigenvalue weighted by atomic mass is 32.2. The van der Waals surface area contributed by atoms with Crippen molar-refractivity contribution in [1.29, 1.82) is 0 Å². The van der Waals surface area contributed by atoms with Crippen LogP contribution in [-0.2, 0) is 24.8 Å². The summed E-state index contributed by atoms with van der Waals surface area (Å²) in [6, 6.07) is 5.68. The molecule has 3 rings (SSSR count). The van der Waals surface area contributed by atoms with Crippen LogP contribution in [0.15, 0.2) is 18.2 Å². The van der Waals surface area contributed by atoms with Crippen LogP contribution in [0, 0.1) is 0 Å². The number of benzene rings is 1. The molecule has 0 unspecified atom stereocenters. The second-order valence-electron chi connectivity index (χ2n) is 6.10. The third-order valence-electron chi connectivity index (χ3n) is 4.74. The van der Waals surface area contributed by atoms with Crippen molar-refractivity contribution in [2.75, 3.05) is 43.7 Å². The number of ether oxygens (including phenoxy) is 2. The summed E-state index contributed by atoms with van der Waals surface area (Å²) in [5.74, 6) is 0.758. The molecule has 1 aromatic rings. The average molecular weight is 339 g/mol. The topological polar surface area (TPSA) is 72.9 Å². The number of carbonyl (C=O) groups excluding carboxylic acids is 1. The van der Waals surface area contributed by atoms with Gasteiger partial charge in [-0.1, -0.05) is 6.07 Å². The standard InChI is InChI=1S/C16H21NO5S/c1-21-14-4-3-12(16(5-6-16)15(18)22-2)11-13(14)17-7-9-23(19,20)10-8-17/h3-4,11H,5-10H2,1-2H3. The number of methoxy groups -OCH3 is 2. The number of anilines is 1. The first kappa shape index (κ1) is 16.1. The van der Waals surface area contributed by atoms with Gasteiger partial charge in [-0.2, -0.15) is 0 Å². The molecule has 7 heteroatoms. The maximum absolute atomic E-state index is 12.1. The summed E-state index contributed by atoms with van der Waals surface area (Å²) < 4.78 is 33.6. The van der Waals surface area contributed by atoms with E-state index in [1.807, 2.05) is 23.1 Å². The van der Waals surface area contributed by atoms with Crippen molar-refractivity contribution in [1.82, 2.24) is 0 Å². The molecular formula is C16H21NO5S. The van der Waals surface area contributed by atoms with Gasteiger partial charge < -0.3 is 14.4 Å². The highest BCUT2D eigenvalue weighted by Crippen LogP contribution is 2.50. The highest BCUT2D eigenvalue weighted by Gasteiger charge is 2.52. The number of carbonyl (C=O) groups is 1. The number of esters is 1. The minimum atomic E-state index is -2.94. The van der Waals surface area contributed by atoms with Crippen LogP contribution in [0.4, 0.5) is 5.69 Å². The van der Waals surface area contributed by atoms with E-state index in [-0.39, 0.29) is 17.5 Å². The molecule has 1 heterocycles. The van der Waals surface area contributed by atoms with Crippen LogP contribution in [0.2, 0.25) is 0 Å². The average Bonchev–Trinajstić information content (AvgIpc) is 3.35. The Morgan fingerprint density at radius 2 is 1.83 bits per heavy atom. The third kappa shape index (κ3) is 2.89. The van der Waals surface area contributed by atoms with E-state index in [0.717, 1.165) is 24.1 Å². The first-order valence-corrected chi connectivity index (χ1v) is 9.46. The molecule has 0 amide bonds. The molecule has 0 aromatic heterocycles. The van der Waals surface area contributed by atoms with E-state index in [9.17, 15) is 13.2 Å². The van der Waals surface area contributed by atoms with Crippen LogP contribution in [0.25, 0.3) is 0 Å². The van der Waals surface area contributed by atoms with E-state index in [1.165, 1.54) is 7.11 Å². The van der Waals surface area contributed by atoms with Crippen LogP contribution in [0.1, 0.15) is 18.4 Å². The van der Waals surface area contributed by atoms with Crippen LogP contribution < -0.4 is 9.64 Å². The van der Waals surface area contributed by atoms with Crippen LogP contribution in [0.3, 0.4) is 0 Å². The smallest absolute Gasteiger partial charge is 0.316 e. The zero-order valence-corrected chi connectivity index (χ0v) is 14.2. The molecule has 0 atom stereocenters. The largest absolute Gasteiger partial charge is 0.495 e. The van der Waals surface area contributed by atoms with Crippen LogP contribution >= 0.6 is 0 Å². The molecule has 0 spiro atoms. The Kier molecular flexibility index (Phi) is 4.00. The van der Waals surface area contributed by atoms with Gasteiger partial charge >= 0.3 is 5.97 Å². The molecule has 1 aromatic carbocycles. The number of sulfone groups is 1. The number of hydrogen-bond acceptors (Lipinski definition) is 6. The molecule has 126 valence electrons. The molecule has 2 fully saturated rings. The van der Waals surface area contributed by atoms with Crippen molar-refractivity contribution < 1.29 is 22.7 Å². The molecule has 1 aliphatic carbocycles. The maximum Gasteiger partial charge on any atom is 0.316 e. The van der Waals surface area contributed by atoms with Crippen molar-refractivity contribution in [2.24, 2.45) is 0 Å². The second-order valence-corrected chi connectivity index (χ2v) is 8.40. The fraction of sp³-hybridized carbons (Fsp3) is 0.562. The first-order valence-electron chi connectivity index (χ1n) is 7.64. The quantitative estimate of drug-likeness (QED) is 0.766. The van der Waals surface area contributed by atoms with Crippen LogP contribution in [-0.4, -0.2) is 53.2 Å². The lowest BCUT2D eigenvalue weighted by molar-refractivity contribution is -0.143. The number of rotatable bonds is 4. The second kappa shape index (κ2) is 5.70. The molecular weight excluding hydrogens is 318 g/mol. The summed E-state index contributed by atoms with van der Waals surface area (Å²) in [5, 5.41) is 0. The Morgan fingerprint density at radius 1 is 1.17 bits per heavy atom. The van der Waals surface area contributed by atoms with E-state index in [4.69, 9.17) is 9.47 Å². The molecule has 0 radical (unpaired) electrons. The summed E-state index contributed by atoms with van der Waals surface area (Å²) in [7, 11) is 0.0514. The molecule has 6 nitrogen and oxygen atoms in total. The number of hydrogen-bond donors (Lipinski definition) is 0. The Morgan fingerprint density at radius 3 is 2.35 bits per heavy atom. The van der Waals surface area contributed by atoms with E-state index in [2.05, 4.69) is 0 Å². The molecule has 23 heavy (non-hydrogen) atoms. The Balaban J connectivity index is 1.93. The molecule has 1 saturated carbocycles. The van der Waals surface area contributed by atoms with Gasteiger partial charge in [0.25, 0.3) is 0 Å². The van der Waals surface area contributed by atoms with E-state index >= 15 is 0 Å². The van der Waals surface area contributed by atoms with Gasteiger partial charge in [0.05, 0.1) is 36.8 Å². The normalized spacial score (nSPS) is 21.6. The van der Waals surface area contributed by atoms with Gasteiger partial charge in [0.15, 0.2) is 9.84 Å². The minimum Gasteiger partial charge on any atom is -0.495 e. The van der Waals surface area contributed by atoms with Crippen molar-refractivity contribution in [3.63, 3.8) is 0 Å². The van der Waals surface area contributed by atoms with E-state index in [1.54, 1.807) is 7.11 Å². The fourth-order valence-corrected chi connectivity index (χ4v) is 4.32. The van der Waals surface area contributed by atoms with Gasteiger partial charge in [-0.15, -0.1) is 0 Å². The monoisotopic (exact) mass is 339 g/mol. The van der Waals surface area contributed by atoms with E-state index < -0.39 is 15.3 Å². The summed E-state index contributed by atoms with van der Waals surface area (Å²) in [6.07, 6.45) is 1.56. The molecule has 0 bridgehead atoms. The predicted molar refractivity (Wildman–Crippen MR) is 86.8 cm³/mol. The Hall–Kier alpha value is -1.76. The lowest BCUT2D eigenvalue weighted by Crippen LogP contribution is -2.40. The van der Waals surface area contributed by atoms with Crippen molar-refractivity contribution in [2.45, 2.75) is 18.3 Å². The van der Waals surface area contributed by atoms with Gasteiger partial charge in [0.2, 0.25) is 0 Å². The summed E-state index contributed by atoms with van der Waals surface area (Å²) in [5.41, 5.74) is 1.21. The number of nitrogens with zero attached hydrogens (tertiary/aromatic N) is 1. The summed E-state index contributed by atoms with van der Waals surface area (Å²) >= 11 is 0. The SMILES string of the molecule is COC(=O)C1(c2ccc(OC)c(N3CCS(=O)(=O)CC3)c2)CC1. The maximum atomic E-state index is 12.1. The molecule has 0 N–H and O–H groups in total. The Labute approximate surface area is 136 Å². The molecule has 2 aliphatic rings. The lowest BCUT2D eigenvalue weighted by atomic mass is 9.95. The van der Waals surface area contributed by atoms with Gasteiger partial charge in [-0.05, 0) is 30.5 Å². The van der Waals surface area contributed by atoms with E-state index in [0.29, 0.717) is 18.8 Å². The lowest BCUT2D eigenvalue weighted by Gasteiger charge is -2.30. The summed E-state index contributed by atoms with van der Waals surface area (Å²) in [6.45, 7) is 0.876. The molecule has 1 saturated heterocycles. The van der Waals surface area contributed by atoms with Gasteiger partial charge in [-0.25, -0.2) is 8.42 Å². The zero-order chi connectivity index (χ0) is 16.7. The predicted octanol–water partition coefficient (Wildman–Crippen LogP) is 1.13. The highest BCUT2D eigenvalue weighted by molar-refractivity contribution is 7.91. The Bertz CT molecular complexity index is 710. The third-order valence-corrected chi connectivity index (χ3v) is 6.35. The molecule has 1 aliphatic heterocycles. The first-order chi connectivity index (χ1) is 10.9. The van der Waals surface area contributed by atoms with Gasteiger partial charge in [0, 0.05) is 13.1 Å². The van der Waals surface area contributed by atoms with Gasteiger partial charge in [-0.3, -0.25) is 4.79 Å².